The number of carboxylic acid groups (broad SMARTS) is 5. The van der Waals surface area contributed by atoms with Crippen molar-refractivity contribution >= 4 is 83.0 Å². The van der Waals surface area contributed by atoms with E-state index in [2.05, 4.69) is 30.9 Å². The Balaban J connectivity index is 0. The Hall–Kier alpha value is -2.36. The Morgan fingerprint density at radius 2 is 0.698 bits per heavy atom. The number of carboxylic acids is 5. The molecule has 1 aromatic heterocycles. The van der Waals surface area contributed by atoms with Gasteiger partial charge in [0.05, 0.1) is 29.8 Å². The second-order valence-corrected chi connectivity index (χ2v) is 9.47. The molecule has 1 heterocycles. The van der Waals surface area contributed by atoms with Crippen LogP contribution in [0.1, 0.15) is 16.7 Å². The molecule has 4 aromatic rings. The number of nitrogens with zero attached hydrogens (tertiary/aromatic N) is 3. The first-order valence-electron chi connectivity index (χ1n) is 13.4. The van der Waals surface area contributed by atoms with Crippen LogP contribution in [0.2, 0.25) is 0 Å². The third kappa shape index (κ3) is 17.3. The monoisotopic (exact) mass is 762 g/mol. The summed E-state index contributed by atoms with van der Waals surface area (Å²) in [5, 5.41) is 63.7. The van der Waals surface area contributed by atoms with Gasteiger partial charge in [-0.1, -0.05) is 42.5 Å². The van der Waals surface area contributed by atoms with E-state index >= 15 is 0 Å². The molecule has 0 spiro atoms. The number of aliphatic carboxylic acids is 5. The van der Waals surface area contributed by atoms with Gasteiger partial charge >= 0.3 is 148 Å². The SMILES string of the molecule is O=C([O-])/C=C/c1ccc(Nc2nc(Nc3ccc(C=C(C(=O)[O-])C(=O)[O-])cc3)nc(Nc3ccc(C=C(C(=O)[O-])C(=O)[O-])cc3)n2)cc1.[Na+].[Na+].[Na+].[Na+].[Na+]. The molecule has 4 rings (SSSR count). The molecule has 0 aliphatic heterocycles. The van der Waals surface area contributed by atoms with Crippen LogP contribution in [0.5, 0.6) is 0 Å². The number of carbonyl (C=O) groups excluding carboxylic acids is 5. The van der Waals surface area contributed by atoms with Gasteiger partial charge in [-0.25, -0.2) is 0 Å². The van der Waals surface area contributed by atoms with Crippen molar-refractivity contribution in [2.45, 2.75) is 0 Å². The fraction of sp³-hybridized carbons (Fsp3) is 0. The molecule has 0 unspecified atom stereocenters. The molecule has 0 aliphatic rings. The van der Waals surface area contributed by atoms with Crippen LogP contribution in [0.4, 0.5) is 34.9 Å². The first-order valence-corrected chi connectivity index (χ1v) is 13.4. The molecule has 0 saturated heterocycles. The zero-order valence-electron chi connectivity index (χ0n) is 29.2. The van der Waals surface area contributed by atoms with E-state index in [0.717, 1.165) is 18.2 Å². The average Bonchev–Trinajstić information content (AvgIpc) is 3.03. The second kappa shape index (κ2) is 25.7. The van der Waals surface area contributed by atoms with Gasteiger partial charge in [-0.3, -0.25) is 0 Å². The van der Waals surface area contributed by atoms with Crippen LogP contribution in [0.3, 0.4) is 0 Å². The zero-order valence-corrected chi connectivity index (χ0v) is 39.2. The standard InChI is InChI=1S/C32H24N6O10.5Na/c39-25(40)14-7-17-1-8-20(9-2-17)33-30-36-31(34-21-10-3-18(4-11-21)15-23(26(41)42)27(43)44)38-32(37-30)35-22-12-5-19(6-13-22)16-24(28(45)46)29(47)48;;;;;/h1-16H,(H,39,40)(H,41,42)(H,43,44)(H,45,46)(H,47,48)(H3,33,34,35,36,37,38);;;;;/q;5*+1/p-5/b14-7+;;;;;. The van der Waals surface area contributed by atoms with E-state index in [4.69, 9.17) is 0 Å². The molecule has 0 radical (unpaired) electrons. The number of benzene rings is 3. The maximum Gasteiger partial charge on any atom is 1.00 e. The molecule has 0 fully saturated rings. The van der Waals surface area contributed by atoms with E-state index in [-0.39, 0.29) is 177 Å². The number of hydrogen-bond acceptors (Lipinski definition) is 16. The predicted molar refractivity (Wildman–Crippen MR) is 159 cm³/mol. The molecule has 16 nitrogen and oxygen atoms in total. The Labute approximate surface area is 412 Å². The molecule has 0 saturated carbocycles. The summed E-state index contributed by atoms with van der Waals surface area (Å²) in [4.78, 5) is 67.8. The maximum absolute atomic E-state index is 11.0. The number of anilines is 6. The number of hydrogen-bond donors (Lipinski definition) is 3. The van der Waals surface area contributed by atoms with Crippen molar-refractivity contribution < 1.29 is 197 Å². The molecule has 0 atom stereocenters. The molecule has 3 aromatic carbocycles. The van der Waals surface area contributed by atoms with Gasteiger partial charge < -0.3 is 65.5 Å². The molecule has 53 heavy (non-hydrogen) atoms. The summed E-state index contributed by atoms with van der Waals surface area (Å²) in [5.74, 6) is -8.89. The Morgan fingerprint density at radius 1 is 0.434 bits per heavy atom. The van der Waals surface area contributed by atoms with Gasteiger partial charge in [0, 0.05) is 28.2 Å². The normalized spacial score (nSPS) is 9.43. The van der Waals surface area contributed by atoms with Gasteiger partial charge in [0.1, 0.15) is 0 Å². The number of nitrogens with one attached hydrogen (secondary N) is 3. The van der Waals surface area contributed by atoms with Gasteiger partial charge in [0.25, 0.3) is 0 Å². The summed E-state index contributed by atoms with van der Waals surface area (Å²) < 4.78 is 0. The third-order valence-corrected chi connectivity index (χ3v) is 6.05. The van der Waals surface area contributed by atoms with Crippen molar-refractivity contribution in [2.24, 2.45) is 0 Å². The predicted octanol–water partition coefficient (Wildman–Crippen LogP) is -17.3. The van der Waals surface area contributed by atoms with Crippen LogP contribution in [0, 0.1) is 0 Å². The molecule has 242 valence electrons. The minimum Gasteiger partial charge on any atom is -0.545 e. The third-order valence-electron chi connectivity index (χ3n) is 6.05. The Kier molecular flexibility index (Phi) is 25.5. The first-order chi connectivity index (χ1) is 22.9. The van der Waals surface area contributed by atoms with Crippen molar-refractivity contribution in [3.8, 4) is 0 Å². The average molecular weight is 762 g/mol. The largest absolute Gasteiger partial charge is 1.00 e. The van der Waals surface area contributed by atoms with Crippen molar-refractivity contribution in [3.05, 3.63) is 107 Å². The van der Waals surface area contributed by atoms with Crippen molar-refractivity contribution in [1.82, 2.24) is 15.0 Å². The van der Waals surface area contributed by atoms with Crippen molar-refractivity contribution in [2.75, 3.05) is 16.0 Å². The second-order valence-electron chi connectivity index (χ2n) is 9.47. The van der Waals surface area contributed by atoms with Crippen LogP contribution in [-0.4, -0.2) is 44.8 Å². The van der Waals surface area contributed by atoms with E-state index in [0.29, 0.717) is 22.6 Å². The molecular formula is C32H19N6Na5O10. The first kappa shape index (κ1) is 52.7. The van der Waals surface area contributed by atoms with Gasteiger partial charge in [0.2, 0.25) is 17.8 Å². The molecule has 0 aliphatic carbocycles. The summed E-state index contributed by atoms with van der Waals surface area (Å²) in [7, 11) is 0. The minimum atomic E-state index is -1.91. The summed E-state index contributed by atoms with van der Waals surface area (Å²) in [5.41, 5.74) is 0.308. The van der Waals surface area contributed by atoms with Gasteiger partial charge in [-0.2, -0.15) is 15.0 Å². The zero-order chi connectivity index (χ0) is 34.8. The Morgan fingerprint density at radius 3 is 0.943 bits per heavy atom. The molecule has 0 amide bonds. The quantitative estimate of drug-likeness (QED) is 0.0466. The van der Waals surface area contributed by atoms with Crippen LogP contribution in [-0.2, 0) is 24.0 Å². The van der Waals surface area contributed by atoms with Crippen LogP contribution >= 0.6 is 0 Å². The van der Waals surface area contributed by atoms with E-state index < -0.39 is 41.0 Å². The number of aromatic nitrogens is 3. The molecule has 21 heteroatoms. The van der Waals surface area contributed by atoms with Gasteiger partial charge in [0.15, 0.2) is 0 Å². The maximum atomic E-state index is 11.0. The van der Waals surface area contributed by atoms with Crippen molar-refractivity contribution in [1.29, 1.82) is 0 Å². The van der Waals surface area contributed by atoms with Crippen LogP contribution in [0.25, 0.3) is 18.2 Å². The van der Waals surface area contributed by atoms with Gasteiger partial charge in [-0.05, 0) is 71.3 Å². The fourth-order valence-corrected chi connectivity index (χ4v) is 3.83. The fourth-order valence-electron chi connectivity index (χ4n) is 3.83. The smallest absolute Gasteiger partial charge is 0.545 e. The minimum absolute atomic E-state index is 0. The number of carbonyl (C=O) groups is 5. The molecule has 3 N–H and O–H groups in total. The topological polar surface area (TPSA) is 275 Å². The summed E-state index contributed by atoms with van der Waals surface area (Å²) >= 11 is 0. The van der Waals surface area contributed by atoms with E-state index in [1.165, 1.54) is 54.6 Å². The van der Waals surface area contributed by atoms with Crippen LogP contribution in [0.15, 0.2) is 90.0 Å². The summed E-state index contributed by atoms with van der Waals surface area (Å²) in [6.45, 7) is 0. The van der Waals surface area contributed by atoms with Crippen LogP contribution < -0.4 is 189 Å². The summed E-state index contributed by atoms with van der Waals surface area (Å²) in [6, 6.07) is 18.2. The molecule has 0 bridgehead atoms. The van der Waals surface area contributed by atoms with E-state index in [1.54, 1.807) is 24.3 Å². The Bertz CT molecular complexity index is 1860. The van der Waals surface area contributed by atoms with Crippen molar-refractivity contribution in [3.63, 3.8) is 0 Å². The van der Waals surface area contributed by atoms with E-state index in [1.807, 2.05) is 0 Å². The molecular weight excluding hydrogens is 743 g/mol. The van der Waals surface area contributed by atoms with Gasteiger partial charge in [-0.15, -0.1) is 0 Å². The number of rotatable bonds is 14. The summed E-state index contributed by atoms with van der Waals surface area (Å²) in [6.07, 6.45) is 3.98. The van der Waals surface area contributed by atoms with E-state index in [9.17, 15) is 49.5 Å².